The molecule has 3 aromatic rings. The summed E-state index contributed by atoms with van der Waals surface area (Å²) in [6.07, 6.45) is 2.96. The molecule has 0 atom stereocenters. The highest BCUT2D eigenvalue weighted by Crippen LogP contribution is 2.29. The molecule has 4 N–H and O–H groups in total. The molecule has 3 rings (SSSR count). The molecule has 0 spiro atoms. The Labute approximate surface area is 181 Å². The van der Waals surface area contributed by atoms with Crippen molar-refractivity contribution in [2.45, 2.75) is 37.7 Å². The van der Waals surface area contributed by atoms with Crippen molar-refractivity contribution >= 4 is 21.7 Å². The molecule has 0 aliphatic carbocycles. The highest BCUT2D eigenvalue weighted by atomic mass is 32.2. The monoisotopic (exact) mass is 446 g/mol. The Hall–Kier alpha value is -3.18. The third-order valence-electron chi connectivity index (χ3n) is 4.54. The molecular formula is C20H26N6O4S. The molecule has 166 valence electrons. The van der Waals surface area contributed by atoms with E-state index in [1.807, 2.05) is 13.0 Å². The molecule has 11 heteroatoms. The van der Waals surface area contributed by atoms with Gasteiger partial charge < -0.3 is 15.6 Å². The number of aliphatic hydroxyl groups is 1. The second-order valence-corrected chi connectivity index (χ2v) is 9.48. The number of nitrogens with two attached hydrogens (primary N) is 1. The molecule has 0 saturated heterocycles. The Morgan fingerprint density at radius 2 is 2.03 bits per heavy atom. The van der Waals surface area contributed by atoms with Crippen LogP contribution in [0.5, 0.6) is 5.88 Å². The minimum absolute atomic E-state index is 0.0198. The molecule has 0 radical (unpaired) electrons. The van der Waals surface area contributed by atoms with Crippen LogP contribution in [0.1, 0.15) is 25.8 Å². The lowest BCUT2D eigenvalue weighted by Gasteiger charge is -2.17. The van der Waals surface area contributed by atoms with Crippen molar-refractivity contribution in [2.24, 2.45) is 7.05 Å². The maximum atomic E-state index is 12.7. The zero-order valence-corrected chi connectivity index (χ0v) is 18.6. The van der Waals surface area contributed by atoms with Crippen LogP contribution in [0.2, 0.25) is 0 Å². The van der Waals surface area contributed by atoms with Gasteiger partial charge in [0, 0.05) is 37.0 Å². The van der Waals surface area contributed by atoms with E-state index in [0.29, 0.717) is 17.8 Å². The van der Waals surface area contributed by atoms with Crippen LogP contribution in [0.3, 0.4) is 0 Å². The van der Waals surface area contributed by atoms with E-state index in [2.05, 4.69) is 19.8 Å². The number of nitrogens with one attached hydrogen (secondary N) is 1. The van der Waals surface area contributed by atoms with Gasteiger partial charge in [-0.1, -0.05) is 12.1 Å². The predicted octanol–water partition coefficient (Wildman–Crippen LogP) is 2.11. The SMILES string of the molecule is Cc1c(N)cccc1-c1cc(OCCC(C)(C)O)nc(NS(=O)(=O)c2cnn(C)c2)n1. The quantitative estimate of drug-likeness (QED) is 0.446. The molecule has 1 aromatic carbocycles. The van der Waals surface area contributed by atoms with Gasteiger partial charge in [0.1, 0.15) is 4.90 Å². The van der Waals surface area contributed by atoms with Crippen LogP contribution in [0.4, 0.5) is 11.6 Å². The number of nitrogen functional groups attached to an aromatic ring is 1. The van der Waals surface area contributed by atoms with Crippen LogP contribution < -0.4 is 15.2 Å². The number of sulfonamides is 1. The van der Waals surface area contributed by atoms with Gasteiger partial charge in [0.05, 0.1) is 24.1 Å². The molecule has 0 bridgehead atoms. The zero-order valence-electron chi connectivity index (χ0n) is 17.8. The summed E-state index contributed by atoms with van der Waals surface area (Å²) < 4.78 is 34.8. The van der Waals surface area contributed by atoms with Crippen molar-refractivity contribution in [3.63, 3.8) is 0 Å². The Kier molecular flexibility index (Phi) is 6.18. The number of rotatable bonds is 8. The predicted molar refractivity (Wildman–Crippen MR) is 117 cm³/mol. The standard InChI is InChI=1S/C20H26N6O4S/c1-13-15(6-5-7-16(13)21)17-10-18(30-9-8-20(2,3)27)24-19(23-17)25-31(28,29)14-11-22-26(4)12-14/h5-7,10-12,27H,8-9,21H2,1-4H3,(H,23,24,25). The summed E-state index contributed by atoms with van der Waals surface area (Å²) in [5.74, 6) is 0.0152. The topological polar surface area (TPSA) is 145 Å². The summed E-state index contributed by atoms with van der Waals surface area (Å²) in [7, 11) is -2.33. The summed E-state index contributed by atoms with van der Waals surface area (Å²) >= 11 is 0. The molecule has 2 heterocycles. The van der Waals surface area contributed by atoms with Crippen LogP contribution in [-0.4, -0.2) is 45.5 Å². The Bertz CT molecular complexity index is 1180. The van der Waals surface area contributed by atoms with E-state index in [9.17, 15) is 13.5 Å². The van der Waals surface area contributed by atoms with Gasteiger partial charge >= 0.3 is 0 Å². The van der Waals surface area contributed by atoms with E-state index < -0.39 is 15.6 Å². The summed E-state index contributed by atoms with van der Waals surface area (Å²) in [6.45, 7) is 5.38. The van der Waals surface area contributed by atoms with Gasteiger partial charge in [-0.25, -0.2) is 18.1 Å². The molecule has 0 saturated carbocycles. The fraction of sp³-hybridized carbons (Fsp3) is 0.350. The molecule has 31 heavy (non-hydrogen) atoms. The average molecular weight is 447 g/mol. The third-order valence-corrected chi connectivity index (χ3v) is 5.82. The van der Waals surface area contributed by atoms with Crippen molar-refractivity contribution < 1.29 is 18.3 Å². The van der Waals surface area contributed by atoms with Crippen molar-refractivity contribution in [3.05, 3.63) is 42.2 Å². The number of aromatic nitrogens is 4. The second-order valence-electron chi connectivity index (χ2n) is 7.80. The fourth-order valence-electron chi connectivity index (χ4n) is 2.74. The number of ether oxygens (including phenoxy) is 1. The zero-order chi connectivity index (χ0) is 22.8. The van der Waals surface area contributed by atoms with Gasteiger partial charge in [-0.05, 0) is 32.4 Å². The van der Waals surface area contributed by atoms with Crippen molar-refractivity contribution in [2.75, 3.05) is 17.1 Å². The fourth-order valence-corrected chi connectivity index (χ4v) is 3.66. The maximum absolute atomic E-state index is 12.7. The minimum Gasteiger partial charge on any atom is -0.477 e. The van der Waals surface area contributed by atoms with Crippen LogP contribution in [0.25, 0.3) is 11.3 Å². The van der Waals surface area contributed by atoms with E-state index in [4.69, 9.17) is 10.5 Å². The molecule has 10 nitrogen and oxygen atoms in total. The van der Waals surface area contributed by atoms with E-state index in [-0.39, 0.29) is 23.3 Å². The molecule has 0 fully saturated rings. The number of benzene rings is 1. The average Bonchev–Trinajstić information content (AvgIpc) is 3.10. The van der Waals surface area contributed by atoms with Crippen LogP contribution in [0, 0.1) is 6.92 Å². The molecule has 0 amide bonds. The number of aryl methyl sites for hydroxylation is 1. The van der Waals surface area contributed by atoms with Gasteiger partial charge in [0.2, 0.25) is 11.8 Å². The van der Waals surface area contributed by atoms with Crippen molar-refractivity contribution in [1.29, 1.82) is 0 Å². The lowest BCUT2D eigenvalue weighted by atomic mass is 10.0. The first-order valence-corrected chi connectivity index (χ1v) is 11.0. The summed E-state index contributed by atoms with van der Waals surface area (Å²) in [5, 5.41) is 13.8. The molecular weight excluding hydrogens is 420 g/mol. The maximum Gasteiger partial charge on any atom is 0.267 e. The van der Waals surface area contributed by atoms with Gasteiger partial charge in [0.15, 0.2) is 0 Å². The first-order chi connectivity index (χ1) is 14.4. The highest BCUT2D eigenvalue weighted by molar-refractivity contribution is 7.92. The second kappa shape index (κ2) is 8.52. The first kappa shape index (κ1) is 22.5. The van der Waals surface area contributed by atoms with Gasteiger partial charge in [-0.3, -0.25) is 4.68 Å². The van der Waals surface area contributed by atoms with Gasteiger partial charge in [0.25, 0.3) is 10.0 Å². The summed E-state index contributed by atoms with van der Waals surface area (Å²) in [5.41, 5.74) is 7.65. The molecule has 0 unspecified atom stereocenters. The van der Waals surface area contributed by atoms with Crippen LogP contribution in [0.15, 0.2) is 41.6 Å². The van der Waals surface area contributed by atoms with Gasteiger partial charge in [-0.2, -0.15) is 10.1 Å². The number of hydrogen-bond acceptors (Lipinski definition) is 8. The normalized spacial score (nSPS) is 12.0. The minimum atomic E-state index is -3.95. The third kappa shape index (κ3) is 5.70. The Morgan fingerprint density at radius 1 is 1.29 bits per heavy atom. The first-order valence-electron chi connectivity index (χ1n) is 9.56. The Balaban J connectivity index is 1.99. The van der Waals surface area contributed by atoms with Gasteiger partial charge in [-0.15, -0.1) is 0 Å². The largest absolute Gasteiger partial charge is 0.477 e. The number of nitrogens with zero attached hydrogens (tertiary/aromatic N) is 4. The van der Waals surface area contributed by atoms with Crippen LogP contribution in [-0.2, 0) is 17.1 Å². The summed E-state index contributed by atoms with van der Waals surface area (Å²) in [6, 6.07) is 6.99. The Morgan fingerprint density at radius 3 is 2.68 bits per heavy atom. The van der Waals surface area contributed by atoms with E-state index in [1.54, 1.807) is 39.1 Å². The van der Waals surface area contributed by atoms with Crippen molar-refractivity contribution in [1.82, 2.24) is 19.7 Å². The van der Waals surface area contributed by atoms with Crippen molar-refractivity contribution in [3.8, 4) is 17.1 Å². The van der Waals surface area contributed by atoms with E-state index in [0.717, 1.165) is 11.1 Å². The number of hydrogen-bond donors (Lipinski definition) is 3. The van der Waals surface area contributed by atoms with E-state index in [1.165, 1.54) is 17.1 Å². The smallest absolute Gasteiger partial charge is 0.267 e. The lowest BCUT2D eigenvalue weighted by Crippen LogP contribution is -2.22. The molecule has 2 aromatic heterocycles. The summed E-state index contributed by atoms with van der Waals surface area (Å²) in [4.78, 5) is 8.53. The van der Waals surface area contributed by atoms with E-state index >= 15 is 0 Å². The molecule has 0 aliphatic heterocycles. The molecule has 0 aliphatic rings. The lowest BCUT2D eigenvalue weighted by molar-refractivity contribution is 0.0547. The highest BCUT2D eigenvalue weighted by Gasteiger charge is 2.20. The van der Waals surface area contributed by atoms with Crippen LogP contribution >= 0.6 is 0 Å². The number of anilines is 2.